The number of nitrogens with one attached hydrogen (secondary N) is 2. The number of rotatable bonds is 2. The molecule has 3 nitrogen and oxygen atoms in total. The molecule has 2 N–H and O–H groups in total. The van der Waals surface area contributed by atoms with Crippen molar-refractivity contribution in [2.75, 3.05) is 13.1 Å². The zero-order valence-electron chi connectivity index (χ0n) is 9.71. The van der Waals surface area contributed by atoms with Crippen molar-refractivity contribution < 1.29 is 9.18 Å². The van der Waals surface area contributed by atoms with E-state index in [4.69, 9.17) is 0 Å². The number of halogens is 3. The Morgan fingerprint density at radius 3 is 2.89 bits per heavy atom. The monoisotopic (exact) mass is 336 g/mol. The first-order chi connectivity index (χ1) is 8.16. The molecule has 1 heterocycles. The highest BCUT2D eigenvalue weighted by atomic mass is 79.9. The lowest BCUT2D eigenvalue weighted by atomic mass is 10.1. The number of piperidine rings is 1. The van der Waals surface area contributed by atoms with Crippen molar-refractivity contribution in [3.63, 3.8) is 0 Å². The molecule has 1 aliphatic heterocycles. The van der Waals surface area contributed by atoms with E-state index in [1.165, 1.54) is 6.07 Å². The highest BCUT2D eigenvalue weighted by Crippen LogP contribution is 2.16. The molecule has 0 unspecified atom stereocenters. The third-order valence-electron chi connectivity index (χ3n) is 2.81. The van der Waals surface area contributed by atoms with Crippen LogP contribution < -0.4 is 10.6 Å². The first-order valence-corrected chi connectivity index (χ1v) is 6.43. The molecule has 6 heteroatoms. The maximum Gasteiger partial charge on any atom is 0.251 e. The molecule has 2 rings (SSSR count). The Morgan fingerprint density at radius 1 is 1.50 bits per heavy atom. The van der Waals surface area contributed by atoms with E-state index < -0.39 is 5.82 Å². The van der Waals surface area contributed by atoms with Crippen LogP contribution in [0.4, 0.5) is 4.39 Å². The normalized spacial score (nSPS) is 18.9. The fraction of sp³-hybridized carbons (Fsp3) is 0.417. The van der Waals surface area contributed by atoms with Gasteiger partial charge in [-0.25, -0.2) is 4.39 Å². The van der Waals surface area contributed by atoms with E-state index in [1.807, 2.05) is 0 Å². The second kappa shape index (κ2) is 7.07. The molecule has 1 saturated heterocycles. The standard InChI is InChI=1S/C12H14BrFN2O.ClH/c13-10-4-3-8(6-11(10)14)12(17)16-9-2-1-5-15-7-9;/h3-4,6,9,15H,1-2,5,7H2,(H,16,17);1H/t9-;/m1./s1. The van der Waals surface area contributed by atoms with Gasteiger partial charge in [-0.05, 0) is 53.5 Å². The third-order valence-corrected chi connectivity index (χ3v) is 3.46. The summed E-state index contributed by atoms with van der Waals surface area (Å²) in [7, 11) is 0. The molecule has 0 saturated carbocycles. The maximum absolute atomic E-state index is 13.3. The summed E-state index contributed by atoms with van der Waals surface area (Å²) in [6.07, 6.45) is 2.03. The van der Waals surface area contributed by atoms with Crippen molar-refractivity contribution in [2.24, 2.45) is 0 Å². The summed E-state index contributed by atoms with van der Waals surface area (Å²) in [5.41, 5.74) is 0.358. The van der Waals surface area contributed by atoms with Gasteiger partial charge in [-0.1, -0.05) is 0 Å². The van der Waals surface area contributed by atoms with Gasteiger partial charge in [-0.2, -0.15) is 0 Å². The van der Waals surface area contributed by atoms with Crippen LogP contribution in [0, 0.1) is 5.82 Å². The van der Waals surface area contributed by atoms with Gasteiger partial charge >= 0.3 is 0 Å². The molecule has 100 valence electrons. The number of carbonyl (C=O) groups excluding carboxylic acids is 1. The molecule has 0 aromatic heterocycles. The predicted octanol–water partition coefficient (Wildman–Crippen LogP) is 2.49. The Hall–Kier alpha value is -0.650. The number of hydrogen-bond donors (Lipinski definition) is 2. The molecular weight excluding hydrogens is 322 g/mol. The molecule has 1 fully saturated rings. The van der Waals surface area contributed by atoms with Crippen molar-refractivity contribution in [1.82, 2.24) is 10.6 Å². The number of hydrogen-bond acceptors (Lipinski definition) is 2. The van der Waals surface area contributed by atoms with E-state index in [0.717, 1.165) is 25.9 Å². The Balaban J connectivity index is 0.00000162. The Bertz CT molecular complexity index is 425. The second-order valence-corrected chi connectivity index (χ2v) is 5.00. The minimum absolute atomic E-state index is 0. The summed E-state index contributed by atoms with van der Waals surface area (Å²) in [5.74, 6) is -0.635. The molecule has 1 aromatic carbocycles. The number of benzene rings is 1. The molecule has 1 atom stereocenters. The molecular formula is C12H15BrClFN2O. The molecule has 1 amide bonds. The van der Waals surface area contributed by atoms with E-state index in [1.54, 1.807) is 12.1 Å². The Labute approximate surface area is 120 Å². The van der Waals surface area contributed by atoms with Crippen LogP contribution in [0.5, 0.6) is 0 Å². The second-order valence-electron chi connectivity index (χ2n) is 4.15. The van der Waals surface area contributed by atoms with Crippen LogP contribution in [0.2, 0.25) is 0 Å². The van der Waals surface area contributed by atoms with Crippen LogP contribution in [-0.2, 0) is 0 Å². The molecule has 1 aliphatic rings. The van der Waals surface area contributed by atoms with E-state index in [0.29, 0.717) is 10.0 Å². The lowest BCUT2D eigenvalue weighted by molar-refractivity contribution is 0.0930. The van der Waals surface area contributed by atoms with Gasteiger partial charge in [0, 0.05) is 18.2 Å². The van der Waals surface area contributed by atoms with Gasteiger partial charge in [0.25, 0.3) is 5.91 Å². The largest absolute Gasteiger partial charge is 0.348 e. The lowest BCUT2D eigenvalue weighted by Gasteiger charge is -2.23. The first-order valence-electron chi connectivity index (χ1n) is 5.63. The smallest absolute Gasteiger partial charge is 0.251 e. The SMILES string of the molecule is Cl.O=C(N[C@@H]1CCCNC1)c1ccc(Br)c(F)c1. The van der Waals surface area contributed by atoms with Crippen molar-refractivity contribution in [1.29, 1.82) is 0 Å². The topological polar surface area (TPSA) is 41.1 Å². The van der Waals surface area contributed by atoms with E-state index in [-0.39, 0.29) is 24.4 Å². The van der Waals surface area contributed by atoms with Gasteiger partial charge in [0.1, 0.15) is 5.82 Å². The van der Waals surface area contributed by atoms with Crippen LogP contribution in [0.25, 0.3) is 0 Å². The molecule has 0 spiro atoms. The van der Waals surface area contributed by atoms with E-state index >= 15 is 0 Å². The van der Waals surface area contributed by atoms with Crippen LogP contribution in [-0.4, -0.2) is 25.0 Å². The maximum atomic E-state index is 13.3. The van der Waals surface area contributed by atoms with Gasteiger partial charge in [0.15, 0.2) is 0 Å². The van der Waals surface area contributed by atoms with Crippen LogP contribution >= 0.6 is 28.3 Å². The molecule has 0 radical (unpaired) electrons. The lowest BCUT2D eigenvalue weighted by Crippen LogP contribution is -2.45. The quantitative estimate of drug-likeness (QED) is 0.870. The average Bonchev–Trinajstić information content (AvgIpc) is 2.34. The summed E-state index contributed by atoms with van der Waals surface area (Å²) < 4.78 is 13.6. The summed E-state index contributed by atoms with van der Waals surface area (Å²) in [6.45, 7) is 1.78. The average molecular weight is 338 g/mol. The van der Waals surface area contributed by atoms with Crippen LogP contribution in [0.1, 0.15) is 23.2 Å². The van der Waals surface area contributed by atoms with Gasteiger partial charge in [-0.15, -0.1) is 12.4 Å². The number of amides is 1. The van der Waals surface area contributed by atoms with Gasteiger partial charge < -0.3 is 10.6 Å². The highest BCUT2D eigenvalue weighted by Gasteiger charge is 2.16. The zero-order valence-corrected chi connectivity index (χ0v) is 12.1. The minimum Gasteiger partial charge on any atom is -0.348 e. The molecule has 0 bridgehead atoms. The van der Waals surface area contributed by atoms with Crippen molar-refractivity contribution in [3.05, 3.63) is 34.1 Å². The Kier molecular flexibility index (Phi) is 6.05. The van der Waals surface area contributed by atoms with Crippen molar-refractivity contribution >= 4 is 34.2 Å². The molecule has 0 aliphatic carbocycles. The zero-order chi connectivity index (χ0) is 12.3. The third kappa shape index (κ3) is 3.93. The summed E-state index contributed by atoms with van der Waals surface area (Å²) in [5, 5.41) is 6.11. The molecule has 1 aromatic rings. The predicted molar refractivity (Wildman–Crippen MR) is 74.7 cm³/mol. The van der Waals surface area contributed by atoms with Gasteiger partial charge in [0.2, 0.25) is 0 Å². The van der Waals surface area contributed by atoms with Crippen molar-refractivity contribution in [3.8, 4) is 0 Å². The van der Waals surface area contributed by atoms with Crippen LogP contribution in [0.15, 0.2) is 22.7 Å². The fourth-order valence-corrected chi connectivity index (χ4v) is 2.13. The van der Waals surface area contributed by atoms with Gasteiger partial charge in [-0.3, -0.25) is 4.79 Å². The first kappa shape index (κ1) is 15.4. The summed E-state index contributed by atoms with van der Waals surface area (Å²) in [6, 6.07) is 4.54. The fourth-order valence-electron chi connectivity index (χ4n) is 1.88. The summed E-state index contributed by atoms with van der Waals surface area (Å²) >= 11 is 3.06. The number of carbonyl (C=O) groups is 1. The molecule has 18 heavy (non-hydrogen) atoms. The summed E-state index contributed by atoms with van der Waals surface area (Å²) in [4.78, 5) is 11.9. The minimum atomic E-state index is -0.417. The van der Waals surface area contributed by atoms with Crippen LogP contribution in [0.3, 0.4) is 0 Å². The van der Waals surface area contributed by atoms with Crippen molar-refractivity contribution in [2.45, 2.75) is 18.9 Å². The highest BCUT2D eigenvalue weighted by molar-refractivity contribution is 9.10. The Morgan fingerprint density at radius 2 is 2.28 bits per heavy atom. The van der Waals surface area contributed by atoms with Gasteiger partial charge in [0.05, 0.1) is 4.47 Å². The van der Waals surface area contributed by atoms with E-state index in [2.05, 4.69) is 26.6 Å². The van der Waals surface area contributed by atoms with E-state index in [9.17, 15) is 9.18 Å².